The fourth-order valence-corrected chi connectivity index (χ4v) is 10.2. The Morgan fingerprint density at radius 2 is 1.56 bits per heavy atom. The van der Waals surface area contributed by atoms with Crippen LogP contribution in [0.1, 0.15) is 83.4 Å². The van der Waals surface area contributed by atoms with Gasteiger partial charge in [0.1, 0.15) is 17.3 Å². The fraction of sp³-hybridized carbons (Fsp3) is 0.556. The minimum absolute atomic E-state index is 0.0661. The van der Waals surface area contributed by atoms with Crippen molar-refractivity contribution < 1.29 is 19.2 Å². The van der Waals surface area contributed by atoms with Crippen LogP contribution in [0.15, 0.2) is 48.5 Å². The Hall–Kier alpha value is -3.08. The molecule has 0 spiro atoms. The first kappa shape index (κ1) is 26.8. The molecule has 1 heterocycles. The zero-order chi connectivity index (χ0) is 28.7. The molecule has 5 nitrogen and oxygen atoms in total. The average Bonchev–Trinajstić information content (AvgIpc) is 3.49. The predicted molar refractivity (Wildman–Crippen MR) is 159 cm³/mol. The van der Waals surface area contributed by atoms with Crippen LogP contribution >= 0.6 is 0 Å². The highest BCUT2D eigenvalue weighted by atomic mass is 16.2. The minimum Gasteiger partial charge on any atom is -0.300 e. The van der Waals surface area contributed by atoms with Crippen LogP contribution in [0.5, 0.6) is 0 Å². The van der Waals surface area contributed by atoms with Crippen LogP contribution in [0, 0.1) is 46.3 Å². The molecule has 214 valence electrons. The topological polar surface area (TPSA) is 73.2 Å². The molecular formula is C36H41NO4. The van der Waals surface area contributed by atoms with E-state index in [0.29, 0.717) is 43.7 Å². The van der Waals surface area contributed by atoms with Gasteiger partial charge in [-0.2, -0.15) is 0 Å². The molecule has 3 aromatic rings. The normalized spacial score (nSPS) is 35.8. The monoisotopic (exact) mass is 551 g/mol. The summed E-state index contributed by atoms with van der Waals surface area (Å²) in [5.41, 5.74) is 1.28. The van der Waals surface area contributed by atoms with Gasteiger partial charge in [-0.05, 0) is 72.8 Å². The van der Waals surface area contributed by atoms with E-state index in [1.54, 1.807) is 0 Å². The third-order valence-electron chi connectivity index (χ3n) is 12.5. The van der Waals surface area contributed by atoms with Gasteiger partial charge in [0.15, 0.2) is 0 Å². The molecule has 8 atom stereocenters. The van der Waals surface area contributed by atoms with E-state index in [1.165, 1.54) is 0 Å². The lowest BCUT2D eigenvalue weighted by Gasteiger charge is -2.58. The smallest absolute Gasteiger partial charge is 0.231 e. The second kappa shape index (κ2) is 9.47. The lowest BCUT2D eigenvalue weighted by molar-refractivity contribution is -0.166. The standard InChI is InChI=1S/C36H41NO4/c1-21(12-15-33(41)37-29-10-6-4-8-24(29)25-9-5-7-11-30(25)37)26-13-14-27-34-28(20-32(40)36(26,27)3)35(2)17-16-23(38)18-22(35)19-31(34)39/h4-11,21-22,26-28,34H,12-20H2,1-3H3/t21-,22+,26-,27+,28+,34+,35+,36-/m1/s1. The zero-order valence-corrected chi connectivity index (χ0v) is 24.5. The Labute approximate surface area is 242 Å². The van der Waals surface area contributed by atoms with Crippen molar-refractivity contribution in [1.82, 2.24) is 4.57 Å². The summed E-state index contributed by atoms with van der Waals surface area (Å²) in [5.74, 6) is 1.55. The average molecular weight is 552 g/mol. The molecule has 1 aromatic heterocycles. The molecule has 0 N–H and O–H groups in total. The minimum atomic E-state index is -0.514. The number of rotatable bonds is 4. The van der Waals surface area contributed by atoms with Crippen LogP contribution in [-0.2, 0) is 14.4 Å². The molecule has 0 saturated heterocycles. The molecule has 0 radical (unpaired) electrons. The molecule has 0 amide bonds. The third kappa shape index (κ3) is 3.79. The van der Waals surface area contributed by atoms with Crippen molar-refractivity contribution in [2.75, 3.05) is 0 Å². The van der Waals surface area contributed by atoms with Crippen molar-refractivity contribution in [3.05, 3.63) is 48.5 Å². The largest absolute Gasteiger partial charge is 0.300 e. The second-order valence-electron chi connectivity index (χ2n) is 14.2. The van der Waals surface area contributed by atoms with Gasteiger partial charge < -0.3 is 0 Å². The van der Waals surface area contributed by atoms with E-state index < -0.39 is 5.41 Å². The number of benzene rings is 2. The van der Waals surface area contributed by atoms with Crippen molar-refractivity contribution in [3.63, 3.8) is 0 Å². The summed E-state index contributed by atoms with van der Waals surface area (Å²) in [6, 6.07) is 16.2. The summed E-state index contributed by atoms with van der Waals surface area (Å²) >= 11 is 0. The first-order valence-electron chi connectivity index (χ1n) is 15.7. The van der Waals surface area contributed by atoms with Crippen molar-refractivity contribution in [1.29, 1.82) is 0 Å². The van der Waals surface area contributed by atoms with Gasteiger partial charge in [-0.25, -0.2) is 0 Å². The number of carbonyl (C=O) groups is 4. The summed E-state index contributed by atoms with van der Waals surface area (Å²) in [6.07, 6.45) is 5.86. The van der Waals surface area contributed by atoms with Gasteiger partial charge in [0, 0.05) is 54.2 Å². The second-order valence-corrected chi connectivity index (χ2v) is 14.2. The quantitative estimate of drug-likeness (QED) is 0.338. The highest BCUT2D eigenvalue weighted by molar-refractivity contribution is 6.13. The SMILES string of the molecule is C[C@H](CCC(=O)n1c2ccccc2c2ccccc21)[C@H]1CC[C@H]2[C@@H]3C(=O)C[C@@H]4CC(=O)CC[C@]4(C)[C@H]3CC(=O)[C@]12C. The maximum absolute atomic E-state index is 14.1. The van der Waals surface area contributed by atoms with Gasteiger partial charge in [0.2, 0.25) is 5.91 Å². The maximum Gasteiger partial charge on any atom is 0.231 e. The van der Waals surface area contributed by atoms with Gasteiger partial charge >= 0.3 is 0 Å². The van der Waals surface area contributed by atoms with Gasteiger partial charge in [0.25, 0.3) is 0 Å². The summed E-state index contributed by atoms with van der Waals surface area (Å²) in [4.78, 5) is 53.8. The highest BCUT2D eigenvalue weighted by Crippen LogP contribution is 2.66. The molecule has 4 saturated carbocycles. The maximum atomic E-state index is 14.1. The van der Waals surface area contributed by atoms with Crippen LogP contribution in [0.4, 0.5) is 0 Å². The number of Topliss-reactive ketones (excluding diaryl/α,β-unsaturated/α-hetero) is 3. The zero-order valence-electron chi connectivity index (χ0n) is 24.5. The van der Waals surface area contributed by atoms with E-state index >= 15 is 0 Å². The van der Waals surface area contributed by atoms with Gasteiger partial charge in [-0.3, -0.25) is 23.7 Å². The van der Waals surface area contributed by atoms with Gasteiger partial charge in [-0.1, -0.05) is 57.2 Å². The molecule has 0 unspecified atom stereocenters. The van der Waals surface area contributed by atoms with E-state index in [0.717, 1.165) is 47.5 Å². The molecule has 41 heavy (non-hydrogen) atoms. The van der Waals surface area contributed by atoms with E-state index in [9.17, 15) is 19.2 Å². The number of aromatic nitrogens is 1. The Morgan fingerprint density at radius 1 is 0.902 bits per heavy atom. The molecule has 4 aliphatic carbocycles. The van der Waals surface area contributed by atoms with E-state index in [2.05, 4.69) is 32.9 Å². The fourth-order valence-electron chi connectivity index (χ4n) is 10.2. The van der Waals surface area contributed by atoms with Crippen molar-refractivity contribution in [2.24, 2.45) is 46.3 Å². The van der Waals surface area contributed by atoms with Crippen LogP contribution in [-0.4, -0.2) is 27.8 Å². The molecular weight excluding hydrogens is 510 g/mol. The van der Waals surface area contributed by atoms with Crippen LogP contribution in [0.2, 0.25) is 0 Å². The number of fused-ring (bicyclic) bond motifs is 8. The number of hydrogen-bond acceptors (Lipinski definition) is 4. The number of nitrogens with zero attached hydrogens (tertiary/aromatic N) is 1. The molecule has 4 aliphatic rings. The van der Waals surface area contributed by atoms with E-state index in [4.69, 9.17) is 0 Å². The molecule has 0 aliphatic heterocycles. The van der Waals surface area contributed by atoms with Gasteiger partial charge in [0.05, 0.1) is 11.0 Å². The van der Waals surface area contributed by atoms with Crippen molar-refractivity contribution in [2.45, 2.75) is 78.6 Å². The van der Waals surface area contributed by atoms with E-state index in [1.807, 2.05) is 41.0 Å². The Bertz CT molecular complexity index is 1550. The molecule has 0 bridgehead atoms. The first-order chi connectivity index (χ1) is 19.6. The third-order valence-corrected chi connectivity index (χ3v) is 12.5. The number of carbonyl (C=O) groups excluding carboxylic acids is 4. The Balaban J connectivity index is 1.12. The number of ketones is 3. The van der Waals surface area contributed by atoms with Crippen molar-refractivity contribution >= 4 is 45.1 Å². The lowest BCUT2D eigenvalue weighted by atomic mass is 9.44. The summed E-state index contributed by atoms with van der Waals surface area (Å²) in [6.45, 7) is 6.62. The number of para-hydroxylation sites is 2. The van der Waals surface area contributed by atoms with Crippen LogP contribution < -0.4 is 0 Å². The molecule has 2 aromatic carbocycles. The van der Waals surface area contributed by atoms with Crippen LogP contribution in [0.3, 0.4) is 0 Å². The lowest BCUT2D eigenvalue weighted by Crippen LogP contribution is -2.60. The predicted octanol–water partition coefficient (Wildman–Crippen LogP) is 7.44. The molecule has 4 fully saturated rings. The summed E-state index contributed by atoms with van der Waals surface area (Å²) in [7, 11) is 0. The highest BCUT2D eigenvalue weighted by Gasteiger charge is 2.66. The Kier molecular flexibility index (Phi) is 6.19. The first-order valence-corrected chi connectivity index (χ1v) is 15.7. The summed E-state index contributed by atoms with van der Waals surface area (Å²) in [5, 5.41) is 2.18. The van der Waals surface area contributed by atoms with E-state index in [-0.39, 0.29) is 52.6 Å². The summed E-state index contributed by atoms with van der Waals surface area (Å²) < 4.78 is 1.87. The molecule has 5 heteroatoms. The number of hydrogen-bond donors (Lipinski definition) is 0. The van der Waals surface area contributed by atoms with Gasteiger partial charge in [-0.15, -0.1) is 0 Å². The Morgan fingerprint density at radius 3 is 2.24 bits per heavy atom. The van der Waals surface area contributed by atoms with Crippen LogP contribution in [0.25, 0.3) is 21.8 Å². The molecule has 7 rings (SSSR count). The van der Waals surface area contributed by atoms with Crippen molar-refractivity contribution in [3.8, 4) is 0 Å².